The molecule has 0 radical (unpaired) electrons. The maximum atomic E-state index is 12.3. The van der Waals surface area contributed by atoms with Crippen molar-refractivity contribution in [3.05, 3.63) is 0 Å². The van der Waals surface area contributed by atoms with Crippen molar-refractivity contribution in [3.63, 3.8) is 0 Å². The van der Waals surface area contributed by atoms with Crippen LogP contribution in [-0.4, -0.2) is 93.0 Å². The molecular weight excluding hydrogens is 382 g/mol. The van der Waals surface area contributed by atoms with E-state index >= 15 is 0 Å². The van der Waals surface area contributed by atoms with Crippen LogP contribution in [0.2, 0.25) is 0 Å². The summed E-state index contributed by atoms with van der Waals surface area (Å²) in [6.07, 6.45) is 4.10. The molecule has 1 amide bonds. The zero-order valence-electron chi connectivity index (χ0n) is 19.5. The van der Waals surface area contributed by atoms with Gasteiger partial charge in [-0.1, -0.05) is 0 Å². The molecule has 1 unspecified atom stereocenters. The van der Waals surface area contributed by atoms with E-state index in [1.54, 1.807) is 0 Å². The van der Waals surface area contributed by atoms with E-state index in [1.165, 1.54) is 0 Å². The Morgan fingerprint density at radius 2 is 1.97 bits per heavy atom. The van der Waals surface area contributed by atoms with Gasteiger partial charge in [-0.05, 0) is 59.3 Å². The molecule has 174 valence electrons. The third kappa shape index (κ3) is 9.98. The van der Waals surface area contributed by atoms with Gasteiger partial charge in [0, 0.05) is 52.4 Å². The van der Waals surface area contributed by atoms with Gasteiger partial charge >= 0.3 is 6.09 Å². The number of carbonyl (C=O) groups excluding carboxylic acids is 1. The normalized spacial score (nSPS) is 21.4. The van der Waals surface area contributed by atoms with Gasteiger partial charge in [-0.25, -0.2) is 4.79 Å². The summed E-state index contributed by atoms with van der Waals surface area (Å²) in [7, 11) is 0. The number of morpholine rings is 1. The van der Waals surface area contributed by atoms with E-state index in [4.69, 9.17) is 14.5 Å². The summed E-state index contributed by atoms with van der Waals surface area (Å²) in [5.74, 6) is 1.39. The summed E-state index contributed by atoms with van der Waals surface area (Å²) in [6, 6.07) is 0. The molecule has 2 aliphatic rings. The van der Waals surface area contributed by atoms with Crippen LogP contribution < -0.4 is 10.6 Å². The number of amides is 1. The molecule has 8 heteroatoms. The largest absolute Gasteiger partial charge is 0.444 e. The Kier molecular flexibility index (Phi) is 10.7. The van der Waals surface area contributed by atoms with Gasteiger partial charge in [0.15, 0.2) is 5.96 Å². The molecule has 1 atom stereocenters. The van der Waals surface area contributed by atoms with E-state index in [0.29, 0.717) is 5.92 Å². The topological polar surface area (TPSA) is 78.4 Å². The van der Waals surface area contributed by atoms with Crippen LogP contribution in [0.3, 0.4) is 0 Å². The van der Waals surface area contributed by atoms with Crippen LogP contribution in [-0.2, 0) is 9.47 Å². The van der Waals surface area contributed by atoms with Crippen LogP contribution in [0.1, 0.15) is 53.4 Å². The molecule has 0 aliphatic carbocycles. The fraction of sp³-hybridized carbons (Fsp3) is 0.909. The molecular formula is C22H43N5O3. The van der Waals surface area contributed by atoms with Crippen LogP contribution in [0.15, 0.2) is 4.99 Å². The van der Waals surface area contributed by atoms with Crippen molar-refractivity contribution >= 4 is 12.1 Å². The number of piperidine rings is 1. The van der Waals surface area contributed by atoms with Gasteiger partial charge in [-0.15, -0.1) is 0 Å². The van der Waals surface area contributed by atoms with Crippen LogP contribution in [0.5, 0.6) is 0 Å². The predicted molar refractivity (Wildman–Crippen MR) is 121 cm³/mol. The van der Waals surface area contributed by atoms with Gasteiger partial charge in [-0.2, -0.15) is 0 Å². The van der Waals surface area contributed by atoms with E-state index in [2.05, 4.69) is 22.5 Å². The van der Waals surface area contributed by atoms with Gasteiger partial charge in [0.2, 0.25) is 0 Å². The number of guanidine groups is 1. The fourth-order valence-corrected chi connectivity index (χ4v) is 3.84. The number of likely N-dealkylation sites (tertiary alicyclic amines) is 1. The monoisotopic (exact) mass is 425 g/mol. The quantitative estimate of drug-likeness (QED) is 0.353. The van der Waals surface area contributed by atoms with Gasteiger partial charge in [-0.3, -0.25) is 9.89 Å². The van der Waals surface area contributed by atoms with Crippen molar-refractivity contribution in [1.82, 2.24) is 20.4 Å². The maximum Gasteiger partial charge on any atom is 0.410 e. The highest BCUT2D eigenvalue weighted by Gasteiger charge is 2.27. The van der Waals surface area contributed by atoms with Gasteiger partial charge in [0.25, 0.3) is 0 Å². The van der Waals surface area contributed by atoms with E-state index < -0.39 is 5.60 Å². The Hall–Kier alpha value is -1.54. The Morgan fingerprint density at radius 1 is 1.20 bits per heavy atom. The standard InChI is InChI=1S/C22H43N5O3/c1-5-23-20(24-10-7-12-26-14-16-29-17-15-26)25-11-9-19-8-6-13-27(18-19)21(28)30-22(2,3)4/h19H,5-18H2,1-4H3,(H2,23,24,25). The lowest BCUT2D eigenvalue weighted by molar-refractivity contribution is 0.0162. The van der Waals surface area contributed by atoms with E-state index in [9.17, 15) is 4.79 Å². The molecule has 2 saturated heterocycles. The van der Waals surface area contributed by atoms with Crippen LogP contribution in [0.4, 0.5) is 4.79 Å². The summed E-state index contributed by atoms with van der Waals surface area (Å²) in [4.78, 5) is 21.4. The molecule has 2 N–H and O–H groups in total. The number of aliphatic imine (C=N–C) groups is 1. The van der Waals surface area contributed by atoms with E-state index in [1.807, 2.05) is 25.7 Å². The summed E-state index contributed by atoms with van der Waals surface area (Å²) in [5.41, 5.74) is -0.440. The first kappa shape index (κ1) is 24.7. The van der Waals surface area contributed by atoms with E-state index in [-0.39, 0.29) is 6.09 Å². The van der Waals surface area contributed by atoms with Crippen molar-refractivity contribution in [2.24, 2.45) is 10.9 Å². The molecule has 0 spiro atoms. The summed E-state index contributed by atoms with van der Waals surface area (Å²) in [6.45, 7) is 16.8. The fourth-order valence-electron chi connectivity index (χ4n) is 3.84. The van der Waals surface area contributed by atoms with E-state index in [0.717, 1.165) is 97.2 Å². The number of nitrogens with one attached hydrogen (secondary N) is 2. The SMILES string of the molecule is CCNC(=NCCCN1CCOCC1)NCCC1CCCN(C(=O)OC(C)(C)C)C1. The lowest BCUT2D eigenvalue weighted by Gasteiger charge is -2.34. The number of rotatable bonds is 8. The van der Waals surface area contributed by atoms with Crippen molar-refractivity contribution in [2.45, 2.75) is 59.0 Å². The molecule has 0 saturated carbocycles. The lowest BCUT2D eigenvalue weighted by Crippen LogP contribution is -2.44. The molecule has 0 bridgehead atoms. The highest BCUT2D eigenvalue weighted by Crippen LogP contribution is 2.21. The van der Waals surface area contributed by atoms with Crippen molar-refractivity contribution in [2.75, 3.05) is 65.6 Å². The molecule has 2 aliphatic heterocycles. The van der Waals surface area contributed by atoms with Gasteiger partial charge < -0.3 is 25.0 Å². The predicted octanol–water partition coefficient (Wildman–Crippen LogP) is 2.30. The first-order chi connectivity index (χ1) is 14.4. The minimum atomic E-state index is -0.440. The number of carbonyl (C=O) groups is 1. The molecule has 8 nitrogen and oxygen atoms in total. The Bertz CT molecular complexity index is 529. The van der Waals surface area contributed by atoms with Crippen molar-refractivity contribution in [3.8, 4) is 0 Å². The highest BCUT2D eigenvalue weighted by molar-refractivity contribution is 5.79. The van der Waals surface area contributed by atoms with Crippen molar-refractivity contribution in [1.29, 1.82) is 0 Å². The Morgan fingerprint density at radius 3 is 2.67 bits per heavy atom. The number of hydrogen-bond acceptors (Lipinski definition) is 5. The first-order valence-electron chi connectivity index (χ1n) is 11.7. The molecule has 30 heavy (non-hydrogen) atoms. The number of nitrogens with zero attached hydrogens (tertiary/aromatic N) is 3. The van der Waals surface area contributed by atoms with Gasteiger partial charge in [0.1, 0.15) is 5.60 Å². The third-order valence-electron chi connectivity index (χ3n) is 5.37. The minimum Gasteiger partial charge on any atom is -0.444 e. The minimum absolute atomic E-state index is 0.185. The second kappa shape index (κ2) is 13.0. The summed E-state index contributed by atoms with van der Waals surface area (Å²) in [5, 5.41) is 6.79. The second-order valence-electron chi connectivity index (χ2n) is 9.22. The smallest absolute Gasteiger partial charge is 0.410 e. The van der Waals surface area contributed by atoms with Crippen LogP contribution in [0, 0.1) is 5.92 Å². The highest BCUT2D eigenvalue weighted by atomic mass is 16.6. The Labute approximate surface area is 182 Å². The molecule has 2 heterocycles. The molecule has 0 aromatic heterocycles. The average molecular weight is 426 g/mol. The zero-order valence-corrected chi connectivity index (χ0v) is 19.5. The second-order valence-corrected chi connectivity index (χ2v) is 9.22. The van der Waals surface area contributed by atoms with Gasteiger partial charge in [0.05, 0.1) is 13.2 Å². The number of ether oxygens (including phenoxy) is 2. The van der Waals surface area contributed by atoms with Crippen LogP contribution >= 0.6 is 0 Å². The van der Waals surface area contributed by atoms with Crippen LogP contribution in [0.25, 0.3) is 0 Å². The lowest BCUT2D eigenvalue weighted by atomic mass is 9.95. The average Bonchev–Trinajstić information content (AvgIpc) is 2.71. The molecule has 0 aromatic rings. The third-order valence-corrected chi connectivity index (χ3v) is 5.37. The summed E-state index contributed by atoms with van der Waals surface area (Å²) < 4.78 is 10.9. The molecule has 2 rings (SSSR count). The number of hydrogen-bond donors (Lipinski definition) is 2. The zero-order chi connectivity index (χ0) is 21.8. The molecule has 0 aromatic carbocycles. The first-order valence-corrected chi connectivity index (χ1v) is 11.7. The van der Waals surface area contributed by atoms with Crippen molar-refractivity contribution < 1.29 is 14.3 Å². The Balaban J connectivity index is 1.67. The molecule has 2 fully saturated rings. The maximum absolute atomic E-state index is 12.3. The summed E-state index contributed by atoms with van der Waals surface area (Å²) >= 11 is 0.